The number of anilines is 1. The average molecular weight is 913 g/mol. The van der Waals surface area contributed by atoms with Crippen molar-refractivity contribution in [2.75, 3.05) is 33.0 Å². The minimum atomic E-state index is -3.23. The number of aliphatic hydroxyl groups is 2. The van der Waals surface area contributed by atoms with Crippen molar-refractivity contribution in [3.63, 3.8) is 0 Å². The van der Waals surface area contributed by atoms with Crippen molar-refractivity contribution < 1.29 is 57.5 Å². The summed E-state index contributed by atoms with van der Waals surface area (Å²) in [5.41, 5.74) is 1.46. The third kappa shape index (κ3) is 12.0. The number of nitrogen functional groups attached to an aromatic ring is 1. The maximum Gasteiger partial charge on any atom is 0.351 e. The van der Waals surface area contributed by atoms with Gasteiger partial charge in [-0.2, -0.15) is 0 Å². The first-order valence-corrected chi connectivity index (χ1v) is 22.6. The third-order valence-corrected chi connectivity index (χ3v) is 12.9. The standard InChI is InChI=1S/C47H69FN6O11/c1-12-15-37(55)52-38-26(3)21-45(7)41(65-43-39(56)34(54(10)11)20-27(4)63-43)29(6)40(57)46(8,48)44(58)64-35(13-2)47(9,59)42(28(38)5)60-23-32(24-61-45)53-62-25-31-19-18-30(22-50-31)33-16-14-17-36(49)51-33/h14,16-19,22,26-29,34-35,39,41-43,56,59H,12-13,15,20-21,23-25H2,1-11H3,(H2,49,51)/b52-38?,53-32+/t26-,27-,28+,29+,34+,35-,39-,41-,42+,43+,45-,46+,47-/m1/s1. The second-order valence-corrected chi connectivity index (χ2v) is 18.6. The quantitative estimate of drug-likeness (QED) is 0.161. The number of rotatable bonds is 10. The largest absolute Gasteiger partial charge is 0.457 e. The Morgan fingerprint density at radius 1 is 1.06 bits per heavy atom. The summed E-state index contributed by atoms with van der Waals surface area (Å²) < 4.78 is 49.1. The highest BCUT2D eigenvalue weighted by Crippen LogP contribution is 2.41. The number of carbonyl (C=O) groups is 3. The van der Waals surface area contributed by atoms with Crippen molar-refractivity contribution in [1.82, 2.24) is 14.9 Å². The molecule has 3 fully saturated rings. The minimum absolute atomic E-state index is 0.000808. The van der Waals surface area contributed by atoms with E-state index in [9.17, 15) is 24.6 Å². The second kappa shape index (κ2) is 21.6. The van der Waals surface area contributed by atoms with Gasteiger partial charge in [0, 0.05) is 41.8 Å². The fourth-order valence-electron chi connectivity index (χ4n) is 9.30. The number of ketones is 1. The molecule has 1 amide bonds. The number of aliphatic hydroxyl groups excluding tert-OH is 1. The molecule has 0 unspecified atom stereocenters. The number of aromatic nitrogens is 2. The smallest absolute Gasteiger partial charge is 0.351 e. The van der Waals surface area contributed by atoms with E-state index in [1.807, 2.05) is 51.9 Å². The van der Waals surface area contributed by atoms with E-state index in [1.165, 1.54) is 13.8 Å². The Morgan fingerprint density at radius 2 is 1.78 bits per heavy atom. The molecule has 2 aromatic heterocycles. The van der Waals surface area contributed by atoms with Crippen LogP contribution in [0.5, 0.6) is 0 Å². The van der Waals surface area contributed by atoms with Crippen LogP contribution in [0.15, 0.2) is 46.7 Å². The zero-order valence-electron chi connectivity index (χ0n) is 39.7. The van der Waals surface area contributed by atoms with Crippen LogP contribution in [-0.4, -0.2) is 141 Å². The summed E-state index contributed by atoms with van der Waals surface area (Å²) in [7, 11) is 3.64. The molecule has 0 aliphatic carbocycles. The van der Waals surface area contributed by atoms with Gasteiger partial charge in [-0.05, 0) is 97.7 Å². The number of esters is 1. The molecule has 0 saturated carbocycles. The Labute approximate surface area is 381 Å². The van der Waals surface area contributed by atoms with Gasteiger partial charge in [-0.15, -0.1) is 0 Å². The Morgan fingerprint density at radius 3 is 2.42 bits per heavy atom. The summed E-state index contributed by atoms with van der Waals surface area (Å²) in [6.45, 7) is 13.6. The number of ether oxygens (including phenoxy) is 5. The van der Waals surface area contributed by atoms with Crippen LogP contribution in [0.2, 0.25) is 0 Å². The predicted octanol–water partition coefficient (Wildman–Crippen LogP) is 5.03. The number of nitrogens with zero attached hydrogens (tertiary/aromatic N) is 5. The van der Waals surface area contributed by atoms with Gasteiger partial charge in [0.15, 0.2) is 18.7 Å². The lowest BCUT2D eigenvalue weighted by atomic mass is 9.73. The van der Waals surface area contributed by atoms with Gasteiger partial charge in [0.1, 0.15) is 29.3 Å². The van der Waals surface area contributed by atoms with Crippen LogP contribution in [0.1, 0.15) is 100 Å². The van der Waals surface area contributed by atoms with Crippen molar-refractivity contribution in [3.8, 4) is 11.3 Å². The summed E-state index contributed by atoms with van der Waals surface area (Å²) >= 11 is 0. The van der Waals surface area contributed by atoms with Crippen molar-refractivity contribution in [2.24, 2.45) is 27.9 Å². The van der Waals surface area contributed by atoms with E-state index in [2.05, 4.69) is 20.1 Å². The molecule has 3 aliphatic rings. The highest BCUT2D eigenvalue weighted by molar-refractivity contribution is 6.08. The first-order chi connectivity index (χ1) is 30.5. The fraction of sp³-hybridized carbons (Fsp3) is 0.681. The molecule has 13 atom stereocenters. The van der Waals surface area contributed by atoms with E-state index < -0.39 is 95.1 Å². The summed E-state index contributed by atoms with van der Waals surface area (Å²) in [6.07, 6.45) is -4.26. The lowest BCUT2D eigenvalue weighted by molar-refractivity contribution is -0.296. The topological polar surface area (TPSA) is 227 Å². The number of alkyl halides is 1. The monoisotopic (exact) mass is 913 g/mol. The lowest BCUT2D eigenvalue weighted by Gasteiger charge is -2.47. The highest BCUT2D eigenvalue weighted by Gasteiger charge is 2.56. The maximum atomic E-state index is 17.0. The predicted molar refractivity (Wildman–Crippen MR) is 240 cm³/mol. The summed E-state index contributed by atoms with van der Waals surface area (Å²) in [5.74, 6) is -5.65. The number of likely N-dealkylation sites (N-methyl/N-ethyl adjacent to an activating group) is 1. The van der Waals surface area contributed by atoms with Crippen LogP contribution >= 0.6 is 0 Å². The maximum absolute atomic E-state index is 17.0. The summed E-state index contributed by atoms with van der Waals surface area (Å²) in [4.78, 5) is 63.1. The van der Waals surface area contributed by atoms with Crippen molar-refractivity contribution in [3.05, 3.63) is 42.2 Å². The average Bonchev–Trinajstić information content (AvgIpc) is 3.26. The van der Waals surface area contributed by atoms with E-state index >= 15 is 4.39 Å². The Hall–Kier alpha value is -4.30. The minimum Gasteiger partial charge on any atom is -0.457 e. The molecule has 2 bridgehead atoms. The van der Waals surface area contributed by atoms with Crippen LogP contribution in [0.3, 0.4) is 0 Å². The van der Waals surface area contributed by atoms with E-state index in [1.54, 1.807) is 45.2 Å². The molecule has 5 rings (SSSR count). The van der Waals surface area contributed by atoms with Crippen LogP contribution in [-0.2, 0) is 49.5 Å². The fourth-order valence-corrected chi connectivity index (χ4v) is 9.30. The van der Waals surface area contributed by atoms with Gasteiger partial charge < -0.3 is 49.4 Å². The van der Waals surface area contributed by atoms with Crippen molar-refractivity contribution in [1.29, 1.82) is 0 Å². The molecule has 0 spiro atoms. The van der Waals surface area contributed by atoms with Gasteiger partial charge in [0.25, 0.3) is 5.67 Å². The van der Waals surface area contributed by atoms with E-state index in [4.69, 9.17) is 34.3 Å². The number of cyclic esters (lactones) is 1. The molecule has 0 aromatic carbocycles. The number of nitrogens with two attached hydrogens (primary N) is 1. The number of oxime groups is 1. The zero-order valence-corrected chi connectivity index (χ0v) is 39.7. The molecule has 5 heterocycles. The van der Waals surface area contributed by atoms with Gasteiger partial charge in [0.2, 0.25) is 5.91 Å². The van der Waals surface area contributed by atoms with Crippen molar-refractivity contribution >= 4 is 34.9 Å². The van der Waals surface area contributed by atoms with E-state index in [0.717, 1.165) is 12.5 Å². The number of aliphatic imine (C=N–C) groups is 1. The van der Waals surface area contributed by atoms with Crippen LogP contribution < -0.4 is 5.73 Å². The van der Waals surface area contributed by atoms with E-state index in [0.29, 0.717) is 35.8 Å². The molecule has 2 aromatic rings. The molecule has 65 heavy (non-hydrogen) atoms. The molecule has 3 saturated heterocycles. The van der Waals surface area contributed by atoms with Gasteiger partial charge in [0.05, 0.1) is 48.5 Å². The van der Waals surface area contributed by atoms with Crippen molar-refractivity contribution in [2.45, 2.75) is 161 Å². The molecule has 18 heteroatoms. The Kier molecular flexibility index (Phi) is 17.1. The van der Waals surface area contributed by atoms with Gasteiger partial charge >= 0.3 is 5.97 Å². The number of fused-ring (bicyclic) bond motifs is 5. The number of Topliss-reactive ketones (excluding diaryl/α,β-unsaturated/α-hetero) is 1. The normalized spacial score (nSPS) is 36.7. The molecule has 17 nitrogen and oxygen atoms in total. The third-order valence-electron chi connectivity index (χ3n) is 12.9. The first kappa shape index (κ1) is 51.7. The van der Waals surface area contributed by atoms with Gasteiger partial charge in [-0.25, -0.2) is 19.2 Å². The van der Waals surface area contributed by atoms with Crippen LogP contribution in [0.25, 0.3) is 11.3 Å². The van der Waals surface area contributed by atoms with Gasteiger partial charge in [-0.1, -0.05) is 45.8 Å². The summed E-state index contributed by atoms with van der Waals surface area (Å²) in [5, 5.41) is 28.7. The molecule has 3 aliphatic heterocycles. The molecule has 360 valence electrons. The number of carbonyl (C=O) groups excluding carboxylic acids is 3. The van der Waals surface area contributed by atoms with Crippen LogP contribution in [0, 0.1) is 17.8 Å². The van der Waals surface area contributed by atoms with E-state index in [-0.39, 0.29) is 44.8 Å². The zero-order chi connectivity index (χ0) is 48.0. The Bertz CT molecular complexity index is 2030. The number of halogens is 1. The van der Waals surface area contributed by atoms with Gasteiger partial charge in [-0.3, -0.25) is 14.6 Å². The summed E-state index contributed by atoms with van der Waals surface area (Å²) in [6, 6.07) is 8.48. The Balaban J connectivity index is 1.66. The molecule has 0 radical (unpaired) electrons. The number of pyridine rings is 2. The van der Waals surface area contributed by atoms with Crippen LogP contribution in [0.4, 0.5) is 10.2 Å². The highest BCUT2D eigenvalue weighted by atomic mass is 19.1. The first-order valence-electron chi connectivity index (χ1n) is 22.6. The SMILES string of the molecule is CCCC(=O)N=C1[C@H](C)C[C@@]2(C)OC/C(=N/OCc3ccc(-c4cccc(N)n4)cn3)CO[C@@H]([C@H]1C)[C@](C)(O)[C@@H](CC)OC(=O)[C@@](C)(F)C(=O)[C@H](C)[C@H]2O[C@@H]1O[C@H](C)C[C@H](N(C)C)[C@H]1O. The number of hydrogen-bond acceptors (Lipinski definition) is 16. The molecular weight excluding hydrogens is 844 g/mol. The number of amides is 1. The molecular formula is C47H69FN6O11. The number of hydrogen-bond donors (Lipinski definition) is 3. The molecule has 4 N–H and O–H groups in total. The lowest BCUT2D eigenvalue weighted by Crippen LogP contribution is -2.61. The second-order valence-electron chi connectivity index (χ2n) is 18.6.